The Bertz CT molecular complexity index is 497. The van der Waals surface area contributed by atoms with Crippen molar-refractivity contribution in [1.29, 1.82) is 0 Å². The molecule has 1 aromatic rings. The van der Waals surface area contributed by atoms with Gasteiger partial charge in [-0.3, -0.25) is 4.79 Å². The minimum Gasteiger partial charge on any atom is -0.294 e. The average Bonchev–Trinajstić information content (AvgIpc) is 2.25. The first-order valence-corrected chi connectivity index (χ1v) is 5.30. The van der Waals surface area contributed by atoms with Gasteiger partial charge in [-0.05, 0) is 29.5 Å². The van der Waals surface area contributed by atoms with Crippen molar-refractivity contribution in [2.75, 3.05) is 0 Å². The van der Waals surface area contributed by atoms with E-state index in [-0.39, 0.29) is 11.2 Å². The molecule has 0 saturated heterocycles. The standard InChI is InChI=1S/C13H13NO2/c1-13(2)6-5-12(16)10-7-9(14-8-15)3-4-11(10)13/h3-4,7H,5-6H2,1-2H3. The van der Waals surface area contributed by atoms with Crippen LogP contribution in [0.4, 0.5) is 5.69 Å². The van der Waals surface area contributed by atoms with E-state index in [2.05, 4.69) is 18.8 Å². The van der Waals surface area contributed by atoms with Crippen LogP contribution in [0.15, 0.2) is 23.2 Å². The number of benzene rings is 1. The maximum atomic E-state index is 11.8. The Morgan fingerprint density at radius 3 is 2.81 bits per heavy atom. The van der Waals surface area contributed by atoms with E-state index in [4.69, 9.17) is 0 Å². The summed E-state index contributed by atoms with van der Waals surface area (Å²) in [6.07, 6.45) is 2.92. The largest absolute Gasteiger partial charge is 0.294 e. The third kappa shape index (κ3) is 1.70. The molecule has 1 aliphatic rings. The zero-order valence-electron chi connectivity index (χ0n) is 9.41. The Hall–Kier alpha value is -1.73. The van der Waals surface area contributed by atoms with Crippen molar-refractivity contribution < 1.29 is 9.59 Å². The van der Waals surface area contributed by atoms with Crippen molar-refractivity contribution in [1.82, 2.24) is 0 Å². The van der Waals surface area contributed by atoms with E-state index in [1.54, 1.807) is 12.1 Å². The highest BCUT2D eigenvalue weighted by Gasteiger charge is 2.31. The molecule has 3 nitrogen and oxygen atoms in total. The van der Waals surface area contributed by atoms with Crippen LogP contribution in [0.5, 0.6) is 0 Å². The van der Waals surface area contributed by atoms with Gasteiger partial charge in [0.05, 0.1) is 5.69 Å². The Morgan fingerprint density at radius 2 is 2.12 bits per heavy atom. The number of nitrogens with zero attached hydrogens (tertiary/aromatic N) is 1. The van der Waals surface area contributed by atoms with Crippen molar-refractivity contribution in [3.63, 3.8) is 0 Å². The molecule has 1 aliphatic carbocycles. The Morgan fingerprint density at radius 1 is 1.38 bits per heavy atom. The van der Waals surface area contributed by atoms with Gasteiger partial charge < -0.3 is 0 Å². The summed E-state index contributed by atoms with van der Waals surface area (Å²) in [4.78, 5) is 25.5. The lowest BCUT2D eigenvalue weighted by molar-refractivity contribution is 0.0957. The molecule has 0 aliphatic heterocycles. The molecule has 3 heteroatoms. The number of aliphatic imine (C=N–C) groups is 1. The van der Waals surface area contributed by atoms with Crippen LogP contribution in [0.3, 0.4) is 0 Å². The molecule has 0 atom stereocenters. The summed E-state index contributed by atoms with van der Waals surface area (Å²) >= 11 is 0. The van der Waals surface area contributed by atoms with E-state index in [0.29, 0.717) is 17.7 Å². The van der Waals surface area contributed by atoms with Gasteiger partial charge in [0.1, 0.15) is 0 Å². The summed E-state index contributed by atoms with van der Waals surface area (Å²) in [7, 11) is 0. The molecule has 0 fully saturated rings. The zero-order valence-corrected chi connectivity index (χ0v) is 9.41. The molecule has 0 unspecified atom stereocenters. The minimum absolute atomic E-state index is 0.0205. The number of isocyanates is 1. The van der Waals surface area contributed by atoms with Gasteiger partial charge in [-0.25, -0.2) is 4.79 Å². The van der Waals surface area contributed by atoms with E-state index in [9.17, 15) is 9.59 Å². The van der Waals surface area contributed by atoms with Crippen LogP contribution in [0.1, 0.15) is 42.6 Å². The third-order valence-corrected chi connectivity index (χ3v) is 3.18. The molecule has 0 saturated carbocycles. The van der Waals surface area contributed by atoms with Gasteiger partial charge in [0, 0.05) is 12.0 Å². The maximum Gasteiger partial charge on any atom is 0.240 e. The normalized spacial score (nSPS) is 17.5. The van der Waals surface area contributed by atoms with Gasteiger partial charge in [-0.1, -0.05) is 19.9 Å². The number of hydrogen-bond acceptors (Lipinski definition) is 3. The molecule has 2 rings (SSSR count). The van der Waals surface area contributed by atoms with E-state index in [1.807, 2.05) is 6.07 Å². The number of ketones is 1. The first kappa shape index (κ1) is 10.8. The lowest BCUT2D eigenvalue weighted by Crippen LogP contribution is -2.27. The van der Waals surface area contributed by atoms with Crippen molar-refractivity contribution in [2.45, 2.75) is 32.1 Å². The molecule has 0 amide bonds. The topological polar surface area (TPSA) is 46.5 Å². The second kappa shape index (κ2) is 3.69. The summed E-state index contributed by atoms with van der Waals surface area (Å²) in [6.45, 7) is 4.25. The van der Waals surface area contributed by atoms with Gasteiger partial charge in [0.15, 0.2) is 5.78 Å². The van der Waals surface area contributed by atoms with Crippen LogP contribution in [-0.4, -0.2) is 11.9 Å². The van der Waals surface area contributed by atoms with Gasteiger partial charge >= 0.3 is 0 Å². The van der Waals surface area contributed by atoms with Gasteiger partial charge in [0.25, 0.3) is 0 Å². The number of rotatable bonds is 1. The molecule has 82 valence electrons. The second-order valence-electron chi connectivity index (χ2n) is 4.74. The number of carbonyl (C=O) groups is 1. The fourth-order valence-electron chi connectivity index (χ4n) is 2.17. The summed E-state index contributed by atoms with van der Waals surface area (Å²) in [6, 6.07) is 5.33. The molecule has 0 bridgehead atoms. The van der Waals surface area contributed by atoms with E-state index >= 15 is 0 Å². The Balaban J connectivity index is 2.60. The lowest BCUT2D eigenvalue weighted by atomic mass is 9.72. The maximum absolute atomic E-state index is 11.8. The molecular formula is C13H13NO2. The van der Waals surface area contributed by atoms with Crippen LogP contribution >= 0.6 is 0 Å². The highest BCUT2D eigenvalue weighted by molar-refractivity contribution is 5.99. The quantitative estimate of drug-likeness (QED) is 0.534. The van der Waals surface area contributed by atoms with Crippen LogP contribution < -0.4 is 0 Å². The van der Waals surface area contributed by atoms with Crippen LogP contribution in [0.2, 0.25) is 0 Å². The minimum atomic E-state index is 0.0205. The molecule has 16 heavy (non-hydrogen) atoms. The van der Waals surface area contributed by atoms with Gasteiger partial charge in [-0.15, -0.1) is 0 Å². The monoisotopic (exact) mass is 215 g/mol. The van der Waals surface area contributed by atoms with Gasteiger partial charge in [-0.2, -0.15) is 4.99 Å². The van der Waals surface area contributed by atoms with Crippen LogP contribution in [0, 0.1) is 0 Å². The first-order valence-electron chi connectivity index (χ1n) is 5.30. The fraction of sp³-hybridized carbons (Fsp3) is 0.385. The van der Waals surface area contributed by atoms with Crippen molar-refractivity contribution in [3.8, 4) is 0 Å². The third-order valence-electron chi connectivity index (χ3n) is 3.18. The van der Waals surface area contributed by atoms with Crippen LogP contribution in [-0.2, 0) is 10.2 Å². The number of Topliss-reactive ketones (excluding diaryl/α,β-unsaturated/α-hetero) is 1. The second-order valence-corrected chi connectivity index (χ2v) is 4.74. The van der Waals surface area contributed by atoms with Crippen LogP contribution in [0.25, 0.3) is 0 Å². The predicted octanol–water partition coefficient (Wildman–Crippen LogP) is 2.91. The smallest absolute Gasteiger partial charge is 0.240 e. The molecule has 0 spiro atoms. The van der Waals surface area contributed by atoms with E-state index in [1.165, 1.54) is 6.08 Å². The predicted molar refractivity (Wildman–Crippen MR) is 60.8 cm³/mol. The molecule has 0 heterocycles. The van der Waals surface area contributed by atoms with E-state index < -0.39 is 0 Å². The molecule has 0 N–H and O–H groups in total. The lowest BCUT2D eigenvalue weighted by Gasteiger charge is -2.31. The fourth-order valence-corrected chi connectivity index (χ4v) is 2.17. The summed E-state index contributed by atoms with van der Waals surface area (Å²) in [5, 5.41) is 0. The van der Waals surface area contributed by atoms with Gasteiger partial charge in [0.2, 0.25) is 6.08 Å². The number of carbonyl (C=O) groups excluding carboxylic acids is 2. The van der Waals surface area contributed by atoms with Crippen molar-refractivity contribution in [3.05, 3.63) is 29.3 Å². The Labute approximate surface area is 94.2 Å². The van der Waals surface area contributed by atoms with Crippen molar-refractivity contribution in [2.24, 2.45) is 4.99 Å². The Kier molecular flexibility index (Phi) is 2.49. The molecule has 0 aromatic heterocycles. The summed E-state index contributed by atoms with van der Waals surface area (Å²) < 4.78 is 0. The number of hydrogen-bond donors (Lipinski definition) is 0. The zero-order chi connectivity index (χ0) is 11.8. The summed E-state index contributed by atoms with van der Waals surface area (Å²) in [5.74, 6) is 0.136. The summed E-state index contributed by atoms with van der Waals surface area (Å²) in [5.41, 5.74) is 2.27. The van der Waals surface area contributed by atoms with E-state index in [0.717, 1.165) is 12.0 Å². The highest BCUT2D eigenvalue weighted by atomic mass is 16.1. The highest BCUT2D eigenvalue weighted by Crippen LogP contribution is 2.37. The first-order chi connectivity index (χ1) is 7.54. The number of fused-ring (bicyclic) bond motifs is 1. The SMILES string of the molecule is CC1(C)CCC(=O)c2cc(N=C=O)ccc21. The average molecular weight is 215 g/mol. The molecular weight excluding hydrogens is 202 g/mol. The van der Waals surface area contributed by atoms with Crippen molar-refractivity contribution >= 4 is 17.6 Å². The molecule has 0 radical (unpaired) electrons. The molecule has 1 aromatic carbocycles.